The van der Waals surface area contributed by atoms with E-state index in [9.17, 15) is 14.9 Å². The van der Waals surface area contributed by atoms with Gasteiger partial charge in [-0.25, -0.2) is 4.98 Å². The zero-order chi connectivity index (χ0) is 19.7. The summed E-state index contributed by atoms with van der Waals surface area (Å²) >= 11 is 1.43. The van der Waals surface area contributed by atoms with E-state index in [1.807, 2.05) is 38.9 Å². The predicted molar refractivity (Wildman–Crippen MR) is 105 cm³/mol. The molecule has 0 aliphatic rings. The first-order valence-corrected chi connectivity index (χ1v) is 9.16. The SMILES string of the molecule is Cc1cc(C)c2sc(N(CCN(C)C)C(=O)c3ccc([N+](=O)[O-])o3)nc2c1. The minimum atomic E-state index is -0.662. The van der Waals surface area contributed by atoms with Crippen LogP contribution in [0.15, 0.2) is 28.7 Å². The predicted octanol–water partition coefficient (Wildman–Crippen LogP) is 3.62. The number of nitro groups is 1. The van der Waals surface area contributed by atoms with Gasteiger partial charge < -0.3 is 9.32 Å². The highest BCUT2D eigenvalue weighted by atomic mass is 32.1. The van der Waals surface area contributed by atoms with Crippen LogP contribution in [0, 0.1) is 24.0 Å². The number of carbonyl (C=O) groups excluding carboxylic acids is 1. The zero-order valence-corrected chi connectivity index (χ0v) is 16.4. The molecule has 0 saturated carbocycles. The molecule has 3 rings (SSSR count). The Kier molecular flexibility index (Phi) is 5.24. The highest BCUT2D eigenvalue weighted by molar-refractivity contribution is 7.22. The molecular formula is C18H20N4O4S. The maximum Gasteiger partial charge on any atom is 0.433 e. The first-order valence-electron chi connectivity index (χ1n) is 8.35. The van der Waals surface area contributed by atoms with Crippen molar-refractivity contribution in [3.05, 3.63) is 51.3 Å². The summed E-state index contributed by atoms with van der Waals surface area (Å²) in [6.45, 7) is 5.02. The molecule has 2 heterocycles. The van der Waals surface area contributed by atoms with Gasteiger partial charge in [-0.1, -0.05) is 17.4 Å². The molecule has 0 fully saturated rings. The highest BCUT2D eigenvalue weighted by Gasteiger charge is 2.26. The van der Waals surface area contributed by atoms with Crippen LogP contribution in [-0.4, -0.2) is 47.9 Å². The molecule has 3 aromatic rings. The third-order valence-corrected chi connectivity index (χ3v) is 5.27. The third kappa shape index (κ3) is 3.99. The number of thiazole rings is 1. The second kappa shape index (κ2) is 7.45. The fourth-order valence-electron chi connectivity index (χ4n) is 2.74. The van der Waals surface area contributed by atoms with E-state index in [1.165, 1.54) is 28.4 Å². The summed E-state index contributed by atoms with van der Waals surface area (Å²) in [6.07, 6.45) is 0. The maximum atomic E-state index is 13.0. The van der Waals surface area contributed by atoms with Crippen molar-refractivity contribution < 1.29 is 14.1 Å². The van der Waals surface area contributed by atoms with Gasteiger partial charge in [-0.2, -0.15) is 0 Å². The summed E-state index contributed by atoms with van der Waals surface area (Å²) in [5, 5.41) is 11.4. The lowest BCUT2D eigenvalue weighted by molar-refractivity contribution is -0.402. The molecule has 0 radical (unpaired) electrons. The van der Waals surface area contributed by atoms with Gasteiger partial charge in [-0.15, -0.1) is 0 Å². The maximum absolute atomic E-state index is 13.0. The number of nitrogens with zero attached hydrogens (tertiary/aromatic N) is 4. The van der Waals surface area contributed by atoms with Crippen LogP contribution in [0.5, 0.6) is 0 Å². The van der Waals surface area contributed by atoms with Crippen molar-refractivity contribution in [1.82, 2.24) is 9.88 Å². The van der Waals surface area contributed by atoms with Gasteiger partial charge in [0.1, 0.15) is 4.92 Å². The van der Waals surface area contributed by atoms with Crippen molar-refractivity contribution in [2.45, 2.75) is 13.8 Å². The lowest BCUT2D eigenvalue weighted by Crippen LogP contribution is -2.36. The van der Waals surface area contributed by atoms with Crippen LogP contribution in [0.1, 0.15) is 21.7 Å². The molecule has 0 spiro atoms. The van der Waals surface area contributed by atoms with Gasteiger partial charge in [-0.05, 0) is 51.2 Å². The Morgan fingerprint density at radius 3 is 2.63 bits per heavy atom. The standard InChI is InChI=1S/C18H20N4O4S/c1-11-9-12(2)16-13(10-11)19-18(27-16)21(8-7-20(3)4)17(23)14-5-6-15(26-14)22(24)25/h5-6,9-10H,7-8H2,1-4H3. The van der Waals surface area contributed by atoms with Crippen molar-refractivity contribution in [3.63, 3.8) is 0 Å². The number of likely N-dealkylation sites (N-methyl/N-ethyl adjacent to an activating group) is 1. The zero-order valence-electron chi connectivity index (χ0n) is 15.6. The van der Waals surface area contributed by atoms with Gasteiger partial charge in [0.05, 0.1) is 16.3 Å². The second-order valence-corrected chi connectivity index (χ2v) is 7.56. The first-order chi connectivity index (χ1) is 12.8. The van der Waals surface area contributed by atoms with Gasteiger partial charge >= 0.3 is 5.88 Å². The van der Waals surface area contributed by atoms with E-state index in [0.717, 1.165) is 21.3 Å². The summed E-state index contributed by atoms with van der Waals surface area (Å²) in [5.74, 6) is -0.979. The van der Waals surface area contributed by atoms with Crippen LogP contribution in [0.4, 0.5) is 11.0 Å². The average molecular weight is 388 g/mol. The molecule has 0 N–H and O–H groups in total. The van der Waals surface area contributed by atoms with Gasteiger partial charge in [0.15, 0.2) is 10.9 Å². The van der Waals surface area contributed by atoms with Gasteiger partial charge in [-0.3, -0.25) is 19.8 Å². The van der Waals surface area contributed by atoms with Crippen LogP contribution in [0.3, 0.4) is 0 Å². The van der Waals surface area contributed by atoms with Crippen LogP contribution in [0.25, 0.3) is 10.2 Å². The number of amides is 1. The van der Waals surface area contributed by atoms with E-state index in [-0.39, 0.29) is 5.76 Å². The normalized spacial score (nSPS) is 11.3. The molecular weight excluding hydrogens is 368 g/mol. The topological polar surface area (TPSA) is 92.7 Å². The van der Waals surface area contributed by atoms with Crippen molar-refractivity contribution in [3.8, 4) is 0 Å². The fraction of sp³-hybridized carbons (Fsp3) is 0.333. The largest absolute Gasteiger partial charge is 0.433 e. The van der Waals surface area contributed by atoms with Gasteiger partial charge in [0.25, 0.3) is 5.91 Å². The average Bonchev–Trinajstić information content (AvgIpc) is 3.21. The van der Waals surface area contributed by atoms with E-state index < -0.39 is 16.7 Å². The lowest BCUT2D eigenvalue weighted by atomic mass is 10.1. The number of aromatic nitrogens is 1. The fourth-order valence-corrected chi connectivity index (χ4v) is 3.78. The monoisotopic (exact) mass is 388 g/mol. The van der Waals surface area contributed by atoms with Crippen LogP contribution in [-0.2, 0) is 0 Å². The molecule has 2 aromatic heterocycles. The number of fused-ring (bicyclic) bond motifs is 1. The number of hydrogen-bond acceptors (Lipinski definition) is 7. The Hall–Kier alpha value is -2.78. The van der Waals surface area contributed by atoms with Crippen molar-refractivity contribution in [2.75, 3.05) is 32.1 Å². The van der Waals surface area contributed by atoms with E-state index in [2.05, 4.69) is 11.1 Å². The summed E-state index contributed by atoms with van der Waals surface area (Å²) in [6, 6.07) is 6.57. The van der Waals surface area contributed by atoms with Crippen LogP contribution >= 0.6 is 11.3 Å². The number of benzene rings is 1. The molecule has 0 aliphatic carbocycles. The quantitative estimate of drug-likeness (QED) is 0.473. The van der Waals surface area contributed by atoms with Crippen molar-refractivity contribution in [1.29, 1.82) is 0 Å². The Morgan fingerprint density at radius 1 is 1.26 bits per heavy atom. The van der Waals surface area contributed by atoms with E-state index in [4.69, 9.17) is 4.42 Å². The Labute approximate surface area is 160 Å². The molecule has 0 atom stereocenters. The number of anilines is 1. The molecule has 0 bridgehead atoms. The van der Waals surface area contributed by atoms with E-state index in [1.54, 1.807) is 0 Å². The molecule has 0 aliphatic heterocycles. The van der Waals surface area contributed by atoms with E-state index >= 15 is 0 Å². The molecule has 9 heteroatoms. The Balaban J connectivity index is 2.01. The van der Waals surface area contributed by atoms with Crippen molar-refractivity contribution >= 4 is 38.5 Å². The van der Waals surface area contributed by atoms with Gasteiger partial charge in [0, 0.05) is 13.1 Å². The Bertz CT molecular complexity index is 1010. The lowest BCUT2D eigenvalue weighted by Gasteiger charge is -2.20. The smallest absolute Gasteiger partial charge is 0.395 e. The van der Waals surface area contributed by atoms with Gasteiger partial charge in [0.2, 0.25) is 0 Å². The summed E-state index contributed by atoms with van der Waals surface area (Å²) in [7, 11) is 3.82. The molecule has 1 amide bonds. The molecule has 8 nitrogen and oxygen atoms in total. The minimum absolute atomic E-state index is 0.0763. The molecule has 0 saturated heterocycles. The second-order valence-electron chi connectivity index (χ2n) is 6.58. The Morgan fingerprint density at radius 2 is 2.00 bits per heavy atom. The molecule has 142 valence electrons. The van der Waals surface area contributed by atoms with E-state index in [0.29, 0.717) is 18.2 Å². The molecule has 0 unspecified atom stereocenters. The van der Waals surface area contributed by atoms with Crippen LogP contribution in [0.2, 0.25) is 0 Å². The van der Waals surface area contributed by atoms with Crippen molar-refractivity contribution in [2.24, 2.45) is 0 Å². The summed E-state index contributed by atoms with van der Waals surface area (Å²) in [4.78, 5) is 31.3. The summed E-state index contributed by atoms with van der Waals surface area (Å²) < 4.78 is 6.12. The number of aryl methyl sites for hydroxylation is 2. The first kappa shape index (κ1) is 19.0. The highest BCUT2D eigenvalue weighted by Crippen LogP contribution is 2.33. The number of rotatable bonds is 6. The molecule has 27 heavy (non-hydrogen) atoms. The number of carbonyl (C=O) groups is 1. The molecule has 1 aromatic carbocycles. The third-order valence-electron chi connectivity index (χ3n) is 4.04. The minimum Gasteiger partial charge on any atom is -0.395 e. The van der Waals surface area contributed by atoms with Crippen LogP contribution < -0.4 is 4.90 Å². The summed E-state index contributed by atoms with van der Waals surface area (Å²) in [5.41, 5.74) is 3.03. The number of hydrogen-bond donors (Lipinski definition) is 0. The number of furan rings is 1.